The lowest BCUT2D eigenvalue weighted by Crippen LogP contribution is -2.50. The van der Waals surface area contributed by atoms with E-state index < -0.39 is 11.7 Å². The topological polar surface area (TPSA) is 53.0 Å². The van der Waals surface area contributed by atoms with Gasteiger partial charge in [0.25, 0.3) is 0 Å². The van der Waals surface area contributed by atoms with E-state index in [1.165, 1.54) is 0 Å². The van der Waals surface area contributed by atoms with Gasteiger partial charge in [-0.15, -0.1) is 0 Å². The average Bonchev–Trinajstić information content (AvgIpc) is 2.48. The van der Waals surface area contributed by atoms with E-state index in [1.54, 1.807) is 11.8 Å². The van der Waals surface area contributed by atoms with Crippen molar-refractivity contribution >= 4 is 23.4 Å². The number of benzene rings is 1. The average molecular weight is 355 g/mol. The second-order valence-electron chi connectivity index (χ2n) is 7.29. The summed E-state index contributed by atoms with van der Waals surface area (Å²) in [6.07, 6.45) is -0.848. The minimum absolute atomic E-state index is 0.278. The van der Waals surface area contributed by atoms with E-state index in [9.17, 15) is 9.90 Å². The molecule has 1 amide bonds. The Morgan fingerprint density at radius 1 is 1.25 bits per heavy atom. The molecule has 1 unspecified atom stereocenters. The van der Waals surface area contributed by atoms with Gasteiger partial charge in [-0.3, -0.25) is 0 Å². The van der Waals surface area contributed by atoms with Crippen LogP contribution in [-0.2, 0) is 4.74 Å². The van der Waals surface area contributed by atoms with E-state index in [1.807, 2.05) is 39.8 Å². The molecule has 0 radical (unpaired) electrons. The highest BCUT2D eigenvalue weighted by atomic mass is 35.5. The first kappa shape index (κ1) is 18.9. The number of aliphatic hydroxyl groups excluding tert-OH is 1. The summed E-state index contributed by atoms with van der Waals surface area (Å²) in [5.74, 6) is 0. The second kappa shape index (κ2) is 7.19. The molecule has 1 aromatic rings. The van der Waals surface area contributed by atoms with E-state index in [-0.39, 0.29) is 6.09 Å². The maximum Gasteiger partial charge on any atom is 0.410 e. The van der Waals surface area contributed by atoms with E-state index >= 15 is 0 Å². The summed E-state index contributed by atoms with van der Waals surface area (Å²) in [6.45, 7) is 11.8. The zero-order valence-electron chi connectivity index (χ0n) is 15.1. The Bertz CT molecular complexity index is 603. The first-order valence-corrected chi connectivity index (χ1v) is 8.67. The standard InChI is InChI=1S/C18H27ClN2O3/c1-12-10-14(13(2)22)16(11-15(12)19)20-6-8-21(9-7-20)17(23)24-18(3,4)5/h10-11,13,22H,6-9H2,1-5H3. The Hall–Kier alpha value is -1.46. The summed E-state index contributed by atoms with van der Waals surface area (Å²) in [6, 6.07) is 3.84. The van der Waals surface area contributed by atoms with Crippen molar-refractivity contribution in [1.82, 2.24) is 4.90 Å². The predicted octanol–water partition coefficient (Wildman–Crippen LogP) is 3.76. The minimum atomic E-state index is -0.570. The number of hydrogen-bond acceptors (Lipinski definition) is 4. The van der Waals surface area contributed by atoms with Crippen LogP contribution >= 0.6 is 11.6 Å². The lowest BCUT2D eigenvalue weighted by atomic mass is 10.0. The van der Waals surface area contributed by atoms with Gasteiger partial charge in [-0.2, -0.15) is 0 Å². The number of nitrogens with zero attached hydrogens (tertiary/aromatic N) is 2. The number of ether oxygens (including phenoxy) is 1. The van der Waals surface area contributed by atoms with E-state index in [0.29, 0.717) is 31.2 Å². The van der Waals surface area contributed by atoms with Gasteiger partial charge >= 0.3 is 6.09 Å². The largest absolute Gasteiger partial charge is 0.444 e. The number of amides is 1. The maximum atomic E-state index is 12.2. The van der Waals surface area contributed by atoms with Crippen molar-refractivity contribution in [2.45, 2.75) is 46.3 Å². The smallest absolute Gasteiger partial charge is 0.410 e. The van der Waals surface area contributed by atoms with Crippen molar-refractivity contribution in [3.8, 4) is 0 Å². The SMILES string of the molecule is Cc1cc(C(C)O)c(N2CCN(C(=O)OC(C)(C)C)CC2)cc1Cl. The summed E-state index contributed by atoms with van der Waals surface area (Å²) in [5.41, 5.74) is 2.26. The third-order valence-corrected chi connectivity index (χ3v) is 4.44. The summed E-state index contributed by atoms with van der Waals surface area (Å²) >= 11 is 6.27. The van der Waals surface area contributed by atoms with E-state index in [0.717, 1.165) is 16.8 Å². The highest BCUT2D eigenvalue weighted by Crippen LogP contribution is 2.32. The normalized spacial score (nSPS) is 17.0. The molecule has 1 aliphatic rings. The third-order valence-electron chi connectivity index (χ3n) is 4.03. The van der Waals surface area contributed by atoms with Crippen LogP contribution in [0.3, 0.4) is 0 Å². The number of piperazine rings is 1. The fraction of sp³-hybridized carbons (Fsp3) is 0.611. The van der Waals surface area contributed by atoms with Crippen LogP contribution in [0.4, 0.5) is 10.5 Å². The quantitative estimate of drug-likeness (QED) is 0.878. The summed E-state index contributed by atoms with van der Waals surface area (Å²) in [7, 11) is 0. The van der Waals surface area contributed by atoms with Crippen molar-refractivity contribution in [3.05, 3.63) is 28.3 Å². The predicted molar refractivity (Wildman–Crippen MR) is 96.8 cm³/mol. The molecule has 6 heteroatoms. The molecular weight excluding hydrogens is 328 g/mol. The van der Waals surface area contributed by atoms with Gasteiger partial charge in [0, 0.05) is 42.5 Å². The molecule has 134 valence electrons. The minimum Gasteiger partial charge on any atom is -0.444 e. The Labute approximate surface area is 149 Å². The van der Waals surface area contributed by atoms with Crippen molar-refractivity contribution in [2.75, 3.05) is 31.1 Å². The Balaban J connectivity index is 2.10. The van der Waals surface area contributed by atoms with Gasteiger partial charge in [-0.25, -0.2) is 4.79 Å². The number of carbonyl (C=O) groups is 1. The first-order valence-electron chi connectivity index (χ1n) is 8.29. The highest BCUT2D eigenvalue weighted by molar-refractivity contribution is 6.31. The number of aryl methyl sites for hydroxylation is 1. The molecule has 24 heavy (non-hydrogen) atoms. The van der Waals surface area contributed by atoms with Crippen LogP contribution in [0, 0.1) is 6.92 Å². The van der Waals surface area contributed by atoms with Gasteiger partial charge < -0.3 is 19.6 Å². The number of anilines is 1. The number of rotatable bonds is 2. The Morgan fingerprint density at radius 2 is 1.83 bits per heavy atom. The molecule has 5 nitrogen and oxygen atoms in total. The van der Waals surface area contributed by atoms with Crippen LogP contribution in [-0.4, -0.2) is 47.9 Å². The molecule has 0 spiro atoms. The fourth-order valence-corrected chi connectivity index (χ4v) is 2.92. The summed E-state index contributed by atoms with van der Waals surface area (Å²) in [4.78, 5) is 16.0. The van der Waals surface area contributed by atoms with Crippen LogP contribution in [0.5, 0.6) is 0 Å². The molecule has 0 bridgehead atoms. The van der Waals surface area contributed by atoms with Crippen LogP contribution in [0.2, 0.25) is 5.02 Å². The van der Waals surface area contributed by atoms with Gasteiger partial charge in [0.05, 0.1) is 6.10 Å². The molecule has 1 heterocycles. The van der Waals surface area contributed by atoms with Crippen molar-refractivity contribution in [1.29, 1.82) is 0 Å². The van der Waals surface area contributed by atoms with Gasteiger partial charge in [0.15, 0.2) is 0 Å². The molecule has 0 aromatic heterocycles. The first-order chi connectivity index (χ1) is 11.1. The van der Waals surface area contributed by atoms with Crippen molar-refractivity contribution in [3.63, 3.8) is 0 Å². The molecule has 0 saturated carbocycles. The highest BCUT2D eigenvalue weighted by Gasteiger charge is 2.27. The monoisotopic (exact) mass is 354 g/mol. The summed E-state index contributed by atoms with van der Waals surface area (Å²) < 4.78 is 5.42. The molecule has 1 atom stereocenters. The molecule has 2 rings (SSSR count). The number of hydrogen-bond donors (Lipinski definition) is 1. The third kappa shape index (κ3) is 4.54. The fourth-order valence-electron chi connectivity index (χ4n) is 2.76. The van der Waals surface area contributed by atoms with Crippen LogP contribution in [0.25, 0.3) is 0 Å². The lowest BCUT2D eigenvalue weighted by molar-refractivity contribution is 0.0240. The van der Waals surface area contributed by atoms with Gasteiger partial charge in [0.1, 0.15) is 5.60 Å². The number of carbonyl (C=O) groups excluding carboxylic acids is 1. The van der Waals surface area contributed by atoms with Crippen LogP contribution < -0.4 is 4.90 Å². The molecule has 1 saturated heterocycles. The van der Waals surface area contributed by atoms with Crippen LogP contribution in [0.15, 0.2) is 12.1 Å². The van der Waals surface area contributed by atoms with Crippen molar-refractivity contribution in [2.24, 2.45) is 0 Å². The van der Waals surface area contributed by atoms with Gasteiger partial charge in [0.2, 0.25) is 0 Å². The molecule has 0 aliphatic carbocycles. The number of aliphatic hydroxyl groups is 1. The number of halogens is 1. The molecule has 1 N–H and O–H groups in total. The molecule has 1 fully saturated rings. The summed E-state index contributed by atoms with van der Waals surface area (Å²) in [5, 5.41) is 10.7. The van der Waals surface area contributed by atoms with E-state index in [2.05, 4.69) is 4.90 Å². The van der Waals surface area contributed by atoms with Gasteiger partial charge in [-0.1, -0.05) is 11.6 Å². The molecular formula is C18H27ClN2O3. The zero-order chi connectivity index (χ0) is 18.1. The Morgan fingerprint density at radius 3 is 2.33 bits per heavy atom. The molecule has 1 aliphatic heterocycles. The Kier molecular flexibility index (Phi) is 5.66. The molecule has 1 aromatic carbocycles. The van der Waals surface area contributed by atoms with E-state index in [4.69, 9.17) is 16.3 Å². The maximum absolute atomic E-state index is 12.2. The zero-order valence-corrected chi connectivity index (χ0v) is 15.9. The lowest BCUT2D eigenvalue weighted by Gasteiger charge is -2.38. The second-order valence-corrected chi connectivity index (χ2v) is 7.70. The van der Waals surface area contributed by atoms with Crippen molar-refractivity contribution < 1.29 is 14.6 Å². The van der Waals surface area contributed by atoms with Gasteiger partial charge in [-0.05, 0) is 52.3 Å². The van der Waals surface area contributed by atoms with Crippen LogP contribution in [0.1, 0.15) is 44.9 Å².